The van der Waals surface area contributed by atoms with E-state index in [4.69, 9.17) is 10.2 Å². The molecule has 0 unspecified atom stereocenters. The maximum absolute atomic E-state index is 12.3. The molecule has 0 aliphatic carbocycles. The van der Waals surface area contributed by atoms with Crippen LogP contribution >= 0.6 is 0 Å². The SMILES string of the molecule is Cc1ccc(C(C)(C)C)cc1S(=O)(=O)N[C@H](CO)C(=O)O. The predicted octanol–water partition coefficient (Wildman–Crippen LogP) is 1.02. The van der Waals surface area contributed by atoms with Crippen molar-refractivity contribution in [2.24, 2.45) is 0 Å². The molecule has 21 heavy (non-hydrogen) atoms. The van der Waals surface area contributed by atoms with Crippen molar-refractivity contribution in [1.82, 2.24) is 4.72 Å². The van der Waals surface area contributed by atoms with Crippen LogP contribution in [0.2, 0.25) is 0 Å². The van der Waals surface area contributed by atoms with Crippen molar-refractivity contribution in [2.75, 3.05) is 6.61 Å². The molecule has 0 spiro atoms. The molecule has 0 saturated heterocycles. The number of hydrogen-bond donors (Lipinski definition) is 3. The van der Waals surface area contributed by atoms with Crippen LogP contribution < -0.4 is 4.72 Å². The van der Waals surface area contributed by atoms with Crippen LogP contribution in [-0.4, -0.2) is 37.2 Å². The summed E-state index contributed by atoms with van der Waals surface area (Å²) in [5.74, 6) is -1.43. The van der Waals surface area contributed by atoms with Gasteiger partial charge in [0, 0.05) is 0 Å². The number of nitrogens with one attached hydrogen (secondary N) is 1. The summed E-state index contributed by atoms with van der Waals surface area (Å²) in [6.45, 7) is 6.68. The van der Waals surface area contributed by atoms with Crippen LogP contribution in [0.15, 0.2) is 23.1 Å². The van der Waals surface area contributed by atoms with Gasteiger partial charge in [-0.15, -0.1) is 0 Å². The van der Waals surface area contributed by atoms with Crippen molar-refractivity contribution in [3.05, 3.63) is 29.3 Å². The van der Waals surface area contributed by atoms with Gasteiger partial charge in [-0.1, -0.05) is 32.9 Å². The number of aliphatic hydroxyl groups is 1. The second-order valence-corrected chi connectivity index (χ2v) is 7.61. The van der Waals surface area contributed by atoms with Crippen LogP contribution in [-0.2, 0) is 20.2 Å². The Bertz CT molecular complexity index is 631. The van der Waals surface area contributed by atoms with Crippen molar-refractivity contribution in [3.63, 3.8) is 0 Å². The zero-order valence-corrected chi connectivity index (χ0v) is 13.4. The molecule has 0 aliphatic rings. The third-order valence-electron chi connectivity index (χ3n) is 3.12. The fraction of sp³-hybridized carbons (Fsp3) is 0.500. The highest BCUT2D eigenvalue weighted by Gasteiger charge is 2.27. The largest absolute Gasteiger partial charge is 0.480 e. The summed E-state index contributed by atoms with van der Waals surface area (Å²) >= 11 is 0. The normalized spacial score (nSPS) is 14.0. The van der Waals surface area contributed by atoms with E-state index in [0.29, 0.717) is 5.56 Å². The van der Waals surface area contributed by atoms with Gasteiger partial charge in [-0.25, -0.2) is 8.42 Å². The highest BCUT2D eigenvalue weighted by molar-refractivity contribution is 7.89. The molecular weight excluding hydrogens is 294 g/mol. The maximum atomic E-state index is 12.3. The van der Waals surface area contributed by atoms with Gasteiger partial charge in [0.15, 0.2) is 0 Å². The molecule has 0 aliphatic heterocycles. The van der Waals surface area contributed by atoms with E-state index in [1.807, 2.05) is 31.6 Å². The fourth-order valence-corrected chi connectivity index (χ4v) is 3.22. The molecule has 1 atom stereocenters. The number of carboxylic acid groups (broad SMARTS) is 1. The average molecular weight is 315 g/mol. The first-order valence-corrected chi connectivity index (χ1v) is 7.94. The summed E-state index contributed by atoms with van der Waals surface area (Å²) in [5.41, 5.74) is 1.10. The van der Waals surface area contributed by atoms with E-state index in [2.05, 4.69) is 0 Å². The fourth-order valence-electron chi connectivity index (χ4n) is 1.77. The quantitative estimate of drug-likeness (QED) is 0.752. The van der Waals surface area contributed by atoms with Crippen LogP contribution in [0.1, 0.15) is 31.9 Å². The lowest BCUT2D eigenvalue weighted by atomic mass is 9.87. The first-order valence-electron chi connectivity index (χ1n) is 6.46. The molecule has 0 fully saturated rings. The topological polar surface area (TPSA) is 104 Å². The molecular formula is C14H21NO5S. The van der Waals surface area contributed by atoms with Gasteiger partial charge in [0.1, 0.15) is 6.04 Å². The number of carboxylic acids is 1. The van der Waals surface area contributed by atoms with Gasteiger partial charge in [0.25, 0.3) is 0 Å². The number of aliphatic hydroxyl groups excluding tert-OH is 1. The number of benzene rings is 1. The van der Waals surface area contributed by atoms with Gasteiger partial charge >= 0.3 is 5.97 Å². The lowest BCUT2D eigenvalue weighted by Crippen LogP contribution is -2.43. The average Bonchev–Trinajstić information content (AvgIpc) is 2.34. The first kappa shape index (κ1) is 17.6. The molecule has 1 aromatic rings. The number of carbonyl (C=O) groups is 1. The molecule has 0 saturated carbocycles. The van der Waals surface area contributed by atoms with E-state index in [-0.39, 0.29) is 10.3 Å². The van der Waals surface area contributed by atoms with E-state index in [0.717, 1.165) is 5.56 Å². The molecule has 0 bridgehead atoms. The lowest BCUT2D eigenvalue weighted by molar-refractivity contribution is -0.139. The summed E-state index contributed by atoms with van der Waals surface area (Å²) in [6, 6.07) is 3.50. The third-order valence-corrected chi connectivity index (χ3v) is 4.74. The van der Waals surface area contributed by atoms with Crippen LogP contribution in [0.3, 0.4) is 0 Å². The lowest BCUT2D eigenvalue weighted by Gasteiger charge is -2.21. The highest BCUT2D eigenvalue weighted by atomic mass is 32.2. The van der Waals surface area contributed by atoms with Crippen LogP contribution in [0, 0.1) is 6.92 Å². The van der Waals surface area contributed by atoms with Crippen molar-refractivity contribution < 1.29 is 23.4 Å². The number of aliphatic carboxylic acids is 1. The molecule has 1 rings (SSSR count). The minimum Gasteiger partial charge on any atom is -0.480 e. The molecule has 0 radical (unpaired) electrons. The van der Waals surface area contributed by atoms with E-state index >= 15 is 0 Å². The van der Waals surface area contributed by atoms with Crippen LogP contribution in [0.5, 0.6) is 0 Å². The molecule has 6 nitrogen and oxygen atoms in total. The smallest absolute Gasteiger partial charge is 0.324 e. The minimum atomic E-state index is -4.02. The Kier molecular flexibility index (Phi) is 5.14. The van der Waals surface area contributed by atoms with E-state index < -0.39 is 28.6 Å². The monoisotopic (exact) mass is 315 g/mol. The van der Waals surface area contributed by atoms with Gasteiger partial charge in [0.05, 0.1) is 11.5 Å². The van der Waals surface area contributed by atoms with Crippen LogP contribution in [0.25, 0.3) is 0 Å². The van der Waals surface area contributed by atoms with Gasteiger partial charge in [-0.05, 0) is 29.5 Å². The Morgan fingerprint density at radius 1 is 1.33 bits per heavy atom. The Morgan fingerprint density at radius 3 is 2.33 bits per heavy atom. The Balaban J connectivity index is 3.28. The number of rotatable bonds is 5. The minimum absolute atomic E-state index is 0.0228. The van der Waals surface area contributed by atoms with Crippen LogP contribution in [0.4, 0.5) is 0 Å². The van der Waals surface area contributed by atoms with E-state index in [1.165, 1.54) is 6.07 Å². The van der Waals surface area contributed by atoms with Gasteiger partial charge in [-0.3, -0.25) is 4.79 Å². The zero-order chi connectivity index (χ0) is 16.4. The molecule has 1 aromatic carbocycles. The van der Waals surface area contributed by atoms with E-state index in [9.17, 15) is 13.2 Å². The van der Waals surface area contributed by atoms with Gasteiger partial charge < -0.3 is 10.2 Å². The molecule has 7 heteroatoms. The number of hydrogen-bond acceptors (Lipinski definition) is 4. The molecule has 0 heterocycles. The highest BCUT2D eigenvalue weighted by Crippen LogP contribution is 2.26. The number of sulfonamides is 1. The summed E-state index contributed by atoms with van der Waals surface area (Å²) < 4.78 is 26.6. The van der Waals surface area contributed by atoms with Gasteiger partial charge in [-0.2, -0.15) is 4.72 Å². The van der Waals surface area contributed by atoms with E-state index in [1.54, 1.807) is 13.0 Å². The predicted molar refractivity (Wildman–Crippen MR) is 78.7 cm³/mol. The Labute approximate surface area is 124 Å². The molecule has 3 N–H and O–H groups in total. The molecule has 118 valence electrons. The molecule has 0 aromatic heterocycles. The van der Waals surface area contributed by atoms with Crippen molar-refractivity contribution in [3.8, 4) is 0 Å². The summed E-state index contributed by atoms with van der Waals surface area (Å²) in [4.78, 5) is 10.9. The summed E-state index contributed by atoms with van der Waals surface area (Å²) in [7, 11) is -4.02. The second-order valence-electron chi connectivity index (χ2n) is 5.92. The summed E-state index contributed by atoms with van der Waals surface area (Å²) in [6.07, 6.45) is 0. The first-order chi connectivity index (χ1) is 9.49. The standard InChI is InChI=1S/C14H21NO5S/c1-9-5-6-10(14(2,3)4)7-12(9)21(19,20)15-11(8-16)13(17)18/h5-7,11,15-16H,8H2,1-4H3,(H,17,18)/t11-/m1/s1. The Morgan fingerprint density at radius 2 is 1.90 bits per heavy atom. The van der Waals surface area contributed by atoms with Gasteiger partial charge in [0.2, 0.25) is 10.0 Å². The second kappa shape index (κ2) is 6.13. The Hall–Kier alpha value is -1.44. The molecule has 0 amide bonds. The van der Waals surface area contributed by atoms with Crippen molar-refractivity contribution in [1.29, 1.82) is 0 Å². The van der Waals surface area contributed by atoms with Crippen molar-refractivity contribution in [2.45, 2.75) is 44.0 Å². The third kappa shape index (κ3) is 4.26. The maximum Gasteiger partial charge on any atom is 0.324 e. The number of aryl methyl sites for hydroxylation is 1. The summed E-state index contributed by atoms with van der Waals surface area (Å²) in [5, 5.41) is 17.8. The van der Waals surface area contributed by atoms with Crippen molar-refractivity contribution >= 4 is 16.0 Å². The zero-order valence-electron chi connectivity index (χ0n) is 12.5.